The van der Waals surface area contributed by atoms with Crippen molar-refractivity contribution in [3.05, 3.63) is 23.8 Å². The molecule has 1 heterocycles. The Balaban J connectivity index is 2.41. The van der Waals surface area contributed by atoms with Crippen LogP contribution in [0.15, 0.2) is 18.2 Å². The smallest absolute Gasteiger partial charge is 0.228 e. The third-order valence-electron chi connectivity index (χ3n) is 3.32. The van der Waals surface area contributed by atoms with Crippen molar-refractivity contribution in [3.63, 3.8) is 0 Å². The van der Waals surface area contributed by atoms with Crippen LogP contribution in [0.2, 0.25) is 0 Å². The summed E-state index contributed by atoms with van der Waals surface area (Å²) < 4.78 is 5.34. The molecule has 0 aromatic heterocycles. The molecule has 0 saturated carbocycles. The molecular weight excluding hydrogens is 228 g/mol. The van der Waals surface area contributed by atoms with E-state index in [2.05, 4.69) is 13.8 Å². The summed E-state index contributed by atoms with van der Waals surface area (Å²) in [6.07, 6.45) is 0.412. The largest absolute Gasteiger partial charge is 0.495 e. The number of methoxy groups -OCH3 is 1. The van der Waals surface area contributed by atoms with Crippen LogP contribution in [0.5, 0.6) is 5.75 Å². The van der Waals surface area contributed by atoms with Gasteiger partial charge in [0.1, 0.15) is 5.75 Å². The Morgan fingerprint density at radius 3 is 2.67 bits per heavy atom. The van der Waals surface area contributed by atoms with Crippen molar-refractivity contribution >= 4 is 11.6 Å². The van der Waals surface area contributed by atoms with Gasteiger partial charge in [-0.1, -0.05) is 19.9 Å². The lowest BCUT2D eigenvalue weighted by molar-refractivity contribution is -0.117. The molecule has 1 fully saturated rings. The minimum atomic E-state index is -0.0788. The zero-order chi connectivity index (χ0) is 13.3. The first-order valence-corrected chi connectivity index (χ1v) is 6.26. The van der Waals surface area contributed by atoms with E-state index >= 15 is 0 Å². The molecule has 0 bridgehead atoms. The molecule has 1 aromatic carbocycles. The SMILES string of the molecule is COc1ccc(C(C)C)cc1N1CC(N)CC1=O. The molecule has 4 nitrogen and oxygen atoms in total. The lowest BCUT2D eigenvalue weighted by Gasteiger charge is -2.21. The molecule has 4 heteroatoms. The number of anilines is 1. The summed E-state index contributed by atoms with van der Waals surface area (Å²) in [5.74, 6) is 1.21. The van der Waals surface area contributed by atoms with Gasteiger partial charge in [-0.15, -0.1) is 0 Å². The van der Waals surface area contributed by atoms with E-state index in [4.69, 9.17) is 10.5 Å². The molecule has 2 rings (SSSR count). The van der Waals surface area contributed by atoms with E-state index in [0.717, 1.165) is 11.4 Å². The predicted molar refractivity (Wildman–Crippen MR) is 72.0 cm³/mol. The molecule has 0 spiro atoms. The molecule has 0 aliphatic carbocycles. The van der Waals surface area contributed by atoms with E-state index in [1.165, 1.54) is 5.56 Å². The maximum absolute atomic E-state index is 11.9. The quantitative estimate of drug-likeness (QED) is 0.888. The van der Waals surface area contributed by atoms with Gasteiger partial charge in [0.2, 0.25) is 5.91 Å². The van der Waals surface area contributed by atoms with Crippen LogP contribution >= 0.6 is 0 Å². The van der Waals surface area contributed by atoms with Crippen molar-refractivity contribution in [3.8, 4) is 5.75 Å². The Hall–Kier alpha value is -1.55. The fourth-order valence-electron chi connectivity index (χ4n) is 2.25. The van der Waals surface area contributed by atoms with E-state index in [-0.39, 0.29) is 11.9 Å². The van der Waals surface area contributed by atoms with Gasteiger partial charge in [-0.3, -0.25) is 4.79 Å². The monoisotopic (exact) mass is 248 g/mol. The zero-order valence-corrected chi connectivity index (χ0v) is 11.1. The van der Waals surface area contributed by atoms with Crippen molar-refractivity contribution < 1.29 is 9.53 Å². The maximum Gasteiger partial charge on any atom is 0.228 e. The van der Waals surface area contributed by atoms with Gasteiger partial charge in [0.15, 0.2) is 0 Å². The van der Waals surface area contributed by atoms with Crippen LogP contribution in [0.25, 0.3) is 0 Å². The summed E-state index contributed by atoms with van der Waals surface area (Å²) in [6, 6.07) is 5.90. The van der Waals surface area contributed by atoms with Crippen LogP contribution in [0.3, 0.4) is 0 Å². The first-order valence-electron chi connectivity index (χ1n) is 6.26. The molecule has 1 aliphatic rings. The van der Waals surface area contributed by atoms with Gasteiger partial charge >= 0.3 is 0 Å². The van der Waals surface area contributed by atoms with E-state index in [9.17, 15) is 4.79 Å². The highest BCUT2D eigenvalue weighted by atomic mass is 16.5. The molecule has 98 valence electrons. The molecule has 1 aromatic rings. The fraction of sp³-hybridized carbons (Fsp3) is 0.500. The first-order chi connectivity index (χ1) is 8.52. The van der Waals surface area contributed by atoms with Gasteiger partial charge < -0.3 is 15.4 Å². The third-order valence-corrected chi connectivity index (χ3v) is 3.32. The highest BCUT2D eigenvalue weighted by Gasteiger charge is 2.30. The number of ether oxygens (including phenoxy) is 1. The Morgan fingerprint density at radius 2 is 2.17 bits per heavy atom. The molecule has 18 heavy (non-hydrogen) atoms. The van der Waals surface area contributed by atoms with Gasteiger partial charge in [-0.25, -0.2) is 0 Å². The zero-order valence-electron chi connectivity index (χ0n) is 11.1. The maximum atomic E-state index is 11.9. The van der Waals surface area contributed by atoms with Crippen LogP contribution in [0, 0.1) is 0 Å². The highest BCUT2D eigenvalue weighted by Crippen LogP contribution is 2.34. The molecule has 0 radical (unpaired) electrons. The Labute approximate surface area is 108 Å². The van der Waals surface area contributed by atoms with Crippen LogP contribution in [0.1, 0.15) is 31.7 Å². The number of hydrogen-bond acceptors (Lipinski definition) is 3. The Kier molecular flexibility index (Phi) is 3.57. The van der Waals surface area contributed by atoms with Crippen LogP contribution < -0.4 is 15.4 Å². The van der Waals surface area contributed by atoms with Gasteiger partial charge in [-0.2, -0.15) is 0 Å². The third kappa shape index (κ3) is 2.34. The van der Waals surface area contributed by atoms with Crippen molar-refractivity contribution in [1.29, 1.82) is 0 Å². The highest BCUT2D eigenvalue weighted by molar-refractivity contribution is 5.97. The minimum Gasteiger partial charge on any atom is -0.495 e. The topological polar surface area (TPSA) is 55.6 Å². The number of carbonyl (C=O) groups excluding carboxylic acids is 1. The lowest BCUT2D eigenvalue weighted by atomic mass is 10.0. The summed E-state index contributed by atoms with van der Waals surface area (Å²) in [5, 5.41) is 0. The number of hydrogen-bond donors (Lipinski definition) is 1. The van der Waals surface area contributed by atoms with Crippen LogP contribution in [0.4, 0.5) is 5.69 Å². The molecular formula is C14H20N2O2. The second-order valence-corrected chi connectivity index (χ2v) is 5.05. The van der Waals surface area contributed by atoms with Gasteiger partial charge in [0.05, 0.1) is 12.8 Å². The van der Waals surface area contributed by atoms with Gasteiger partial charge in [-0.05, 0) is 23.6 Å². The average Bonchev–Trinajstić information content (AvgIpc) is 2.67. The van der Waals surface area contributed by atoms with Crippen molar-refractivity contribution in [2.75, 3.05) is 18.6 Å². The Morgan fingerprint density at radius 1 is 1.44 bits per heavy atom. The number of benzene rings is 1. The van der Waals surface area contributed by atoms with Gasteiger partial charge in [0.25, 0.3) is 0 Å². The van der Waals surface area contributed by atoms with Crippen molar-refractivity contribution in [1.82, 2.24) is 0 Å². The molecule has 1 atom stereocenters. The molecule has 2 N–H and O–H groups in total. The summed E-state index contributed by atoms with van der Waals surface area (Å²) in [6.45, 7) is 4.82. The minimum absolute atomic E-state index is 0.0710. The first kappa shape index (κ1) is 12.9. The number of nitrogens with two attached hydrogens (primary N) is 1. The molecule has 1 unspecified atom stereocenters. The van der Waals surface area contributed by atoms with E-state index in [1.54, 1.807) is 12.0 Å². The molecule has 1 aliphatic heterocycles. The normalized spacial score (nSPS) is 19.7. The summed E-state index contributed by atoms with van der Waals surface area (Å²) >= 11 is 0. The van der Waals surface area contributed by atoms with Crippen LogP contribution in [-0.4, -0.2) is 25.6 Å². The van der Waals surface area contributed by atoms with E-state index in [1.807, 2.05) is 18.2 Å². The van der Waals surface area contributed by atoms with Gasteiger partial charge in [0, 0.05) is 19.0 Å². The number of nitrogens with zero attached hydrogens (tertiary/aromatic N) is 1. The second-order valence-electron chi connectivity index (χ2n) is 5.05. The average molecular weight is 248 g/mol. The number of amides is 1. The number of rotatable bonds is 3. The fourth-order valence-corrected chi connectivity index (χ4v) is 2.25. The lowest BCUT2D eigenvalue weighted by Crippen LogP contribution is -2.28. The summed E-state index contributed by atoms with van der Waals surface area (Å²) in [4.78, 5) is 13.7. The van der Waals surface area contributed by atoms with E-state index in [0.29, 0.717) is 18.9 Å². The van der Waals surface area contributed by atoms with E-state index < -0.39 is 0 Å². The second kappa shape index (κ2) is 4.98. The molecule has 1 amide bonds. The molecule has 1 saturated heterocycles. The Bertz CT molecular complexity index is 457. The number of carbonyl (C=O) groups is 1. The summed E-state index contributed by atoms with van der Waals surface area (Å²) in [5.41, 5.74) is 7.87. The van der Waals surface area contributed by atoms with Crippen molar-refractivity contribution in [2.45, 2.75) is 32.2 Å². The predicted octanol–water partition coefficient (Wildman–Crippen LogP) is 1.88. The van der Waals surface area contributed by atoms with Crippen LogP contribution in [-0.2, 0) is 4.79 Å². The standard InChI is InChI=1S/C14H20N2O2/c1-9(2)10-4-5-13(18-3)12(6-10)16-8-11(15)7-14(16)17/h4-6,9,11H,7-8,15H2,1-3H3. The summed E-state index contributed by atoms with van der Waals surface area (Å²) in [7, 11) is 1.62. The van der Waals surface area contributed by atoms with Crippen molar-refractivity contribution in [2.24, 2.45) is 5.73 Å².